The molecule has 0 radical (unpaired) electrons. The highest BCUT2D eigenvalue weighted by Gasteiger charge is 2.44. The minimum atomic E-state index is -0.988. The van der Waals surface area contributed by atoms with E-state index in [0.717, 1.165) is 0 Å². The van der Waals surface area contributed by atoms with Gasteiger partial charge in [0, 0.05) is 5.92 Å². The second-order valence-electron chi connectivity index (χ2n) is 4.92. The van der Waals surface area contributed by atoms with E-state index in [1.54, 1.807) is 19.1 Å². The SMILES string of the molecule is CCOC(=O)[C@@H]1C(=O)OC[C@@H]1c1cc(OC)c(OC)c(OC)c1. The van der Waals surface area contributed by atoms with Gasteiger partial charge in [-0.2, -0.15) is 0 Å². The van der Waals surface area contributed by atoms with Crippen LogP contribution in [0.1, 0.15) is 18.4 Å². The van der Waals surface area contributed by atoms with Crippen molar-refractivity contribution in [2.75, 3.05) is 34.5 Å². The number of rotatable bonds is 6. The maximum atomic E-state index is 12.1. The lowest BCUT2D eigenvalue weighted by Gasteiger charge is -2.18. The van der Waals surface area contributed by atoms with E-state index in [1.807, 2.05) is 0 Å². The van der Waals surface area contributed by atoms with Gasteiger partial charge in [0.05, 0.1) is 34.5 Å². The summed E-state index contributed by atoms with van der Waals surface area (Å²) in [5.74, 6) is -1.28. The van der Waals surface area contributed by atoms with Gasteiger partial charge in [0.15, 0.2) is 17.4 Å². The number of hydrogen-bond donors (Lipinski definition) is 0. The van der Waals surface area contributed by atoms with Crippen LogP contribution in [0.3, 0.4) is 0 Å². The third-order valence-electron chi connectivity index (χ3n) is 3.72. The summed E-state index contributed by atoms with van der Waals surface area (Å²) in [6, 6.07) is 3.42. The molecule has 2 rings (SSSR count). The molecule has 1 heterocycles. The molecule has 7 heteroatoms. The Hall–Kier alpha value is -2.44. The first-order chi connectivity index (χ1) is 11.1. The molecular formula is C16H20O7. The zero-order valence-corrected chi connectivity index (χ0v) is 13.6. The summed E-state index contributed by atoms with van der Waals surface area (Å²) in [7, 11) is 4.50. The highest BCUT2D eigenvalue weighted by atomic mass is 16.6. The fourth-order valence-electron chi connectivity index (χ4n) is 2.62. The number of benzene rings is 1. The minimum absolute atomic E-state index is 0.0982. The van der Waals surface area contributed by atoms with Gasteiger partial charge in [0.1, 0.15) is 0 Å². The first-order valence-corrected chi connectivity index (χ1v) is 7.20. The molecule has 0 saturated carbocycles. The summed E-state index contributed by atoms with van der Waals surface area (Å²) in [6.45, 7) is 1.98. The van der Waals surface area contributed by atoms with Gasteiger partial charge in [-0.3, -0.25) is 9.59 Å². The third kappa shape index (κ3) is 3.18. The zero-order valence-electron chi connectivity index (χ0n) is 13.6. The topological polar surface area (TPSA) is 80.3 Å². The maximum Gasteiger partial charge on any atom is 0.321 e. The van der Waals surface area contributed by atoms with Crippen LogP contribution in [0, 0.1) is 5.92 Å². The van der Waals surface area contributed by atoms with Crippen molar-refractivity contribution in [3.05, 3.63) is 17.7 Å². The van der Waals surface area contributed by atoms with Gasteiger partial charge in [-0.05, 0) is 24.6 Å². The van der Waals surface area contributed by atoms with Crippen LogP contribution < -0.4 is 14.2 Å². The van der Waals surface area contributed by atoms with E-state index < -0.39 is 23.8 Å². The molecular weight excluding hydrogens is 304 g/mol. The molecule has 0 aliphatic carbocycles. The number of carbonyl (C=O) groups excluding carboxylic acids is 2. The van der Waals surface area contributed by atoms with Gasteiger partial charge in [-0.25, -0.2) is 0 Å². The number of carbonyl (C=O) groups is 2. The van der Waals surface area contributed by atoms with Gasteiger partial charge in [-0.15, -0.1) is 0 Å². The molecule has 0 unspecified atom stereocenters. The fraction of sp³-hybridized carbons (Fsp3) is 0.500. The lowest BCUT2D eigenvalue weighted by Crippen LogP contribution is -2.26. The van der Waals surface area contributed by atoms with Gasteiger partial charge >= 0.3 is 11.9 Å². The summed E-state index contributed by atoms with van der Waals surface area (Å²) in [5, 5.41) is 0. The van der Waals surface area contributed by atoms with Crippen molar-refractivity contribution in [1.29, 1.82) is 0 Å². The Morgan fingerprint density at radius 3 is 2.26 bits per heavy atom. The van der Waals surface area contributed by atoms with Crippen molar-refractivity contribution in [1.82, 2.24) is 0 Å². The quantitative estimate of drug-likeness (QED) is 0.580. The van der Waals surface area contributed by atoms with Crippen LogP contribution in [0.2, 0.25) is 0 Å². The number of methoxy groups -OCH3 is 3. The van der Waals surface area contributed by atoms with Crippen LogP contribution in [-0.4, -0.2) is 46.5 Å². The Labute approximate surface area is 134 Å². The summed E-state index contributed by atoms with van der Waals surface area (Å²) in [5.41, 5.74) is 0.684. The second kappa shape index (κ2) is 7.21. The Kier molecular flexibility index (Phi) is 5.31. The van der Waals surface area contributed by atoms with E-state index in [9.17, 15) is 9.59 Å². The van der Waals surface area contributed by atoms with Gasteiger partial charge in [0.25, 0.3) is 0 Å². The number of ether oxygens (including phenoxy) is 5. The number of cyclic esters (lactones) is 1. The Bertz CT molecular complexity index is 571. The average Bonchev–Trinajstić information content (AvgIpc) is 2.95. The van der Waals surface area contributed by atoms with Crippen LogP contribution >= 0.6 is 0 Å². The van der Waals surface area contributed by atoms with Crippen LogP contribution in [0.25, 0.3) is 0 Å². The van der Waals surface area contributed by atoms with Crippen LogP contribution in [0.4, 0.5) is 0 Å². The van der Waals surface area contributed by atoms with E-state index in [0.29, 0.717) is 22.8 Å². The molecule has 0 N–H and O–H groups in total. The molecule has 1 fully saturated rings. The molecule has 7 nitrogen and oxygen atoms in total. The Morgan fingerprint density at radius 1 is 1.17 bits per heavy atom. The molecule has 1 aliphatic heterocycles. The van der Waals surface area contributed by atoms with Gasteiger partial charge in [0.2, 0.25) is 5.75 Å². The Morgan fingerprint density at radius 2 is 1.78 bits per heavy atom. The molecule has 1 aliphatic rings. The Balaban J connectivity index is 2.43. The first-order valence-electron chi connectivity index (χ1n) is 7.20. The molecule has 126 valence electrons. The van der Waals surface area contributed by atoms with E-state index in [1.165, 1.54) is 21.3 Å². The molecule has 2 atom stereocenters. The van der Waals surface area contributed by atoms with Crippen LogP contribution in [-0.2, 0) is 19.1 Å². The molecule has 0 bridgehead atoms. The highest BCUT2D eigenvalue weighted by Crippen LogP contribution is 2.43. The van der Waals surface area contributed by atoms with E-state index in [2.05, 4.69) is 0 Å². The average molecular weight is 324 g/mol. The lowest BCUT2D eigenvalue weighted by atomic mass is 9.88. The molecule has 0 aromatic heterocycles. The maximum absolute atomic E-state index is 12.1. The summed E-state index contributed by atoms with van der Waals surface area (Å²) in [6.07, 6.45) is 0. The third-order valence-corrected chi connectivity index (χ3v) is 3.72. The lowest BCUT2D eigenvalue weighted by molar-refractivity contribution is -0.155. The predicted octanol–water partition coefficient (Wildman–Crippen LogP) is 1.53. The standard InChI is InChI=1S/C16H20O7/c1-5-22-15(17)13-10(8-23-16(13)18)9-6-11(19-2)14(21-4)12(7-9)20-3/h6-7,10,13H,5,8H2,1-4H3/t10-,13-/m1/s1. The van der Waals surface area contributed by atoms with Crippen molar-refractivity contribution < 1.29 is 33.3 Å². The summed E-state index contributed by atoms with van der Waals surface area (Å²) < 4.78 is 25.9. The molecule has 0 amide bonds. The normalized spacial score (nSPS) is 19.9. The summed E-state index contributed by atoms with van der Waals surface area (Å²) in [4.78, 5) is 24.0. The zero-order chi connectivity index (χ0) is 17.0. The highest BCUT2D eigenvalue weighted by molar-refractivity contribution is 5.97. The van der Waals surface area contributed by atoms with Crippen molar-refractivity contribution in [2.45, 2.75) is 12.8 Å². The smallest absolute Gasteiger partial charge is 0.321 e. The number of esters is 2. The minimum Gasteiger partial charge on any atom is -0.493 e. The second-order valence-corrected chi connectivity index (χ2v) is 4.92. The van der Waals surface area contributed by atoms with Gasteiger partial charge < -0.3 is 23.7 Å². The molecule has 1 aromatic carbocycles. The van der Waals surface area contributed by atoms with E-state index in [-0.39, 0.29) is 13.2 Å². The van der Waals surface area contributed by atoms with E-state index >= 15 is 0 Å². The summed E-state index contributed by atoms with van der Waals surface area (Å²) >= 11 is 0. The van der Waals surface area contributed by atoms with Crippen molar-refractivity contribution in [2.24, 2.45) is 5.92 Å². The van der Waals surface area contributed by atoms with Crippen LogP contribution in [0.15, 0.2) is 12.1 Å². The monoisotopic (exact) mass is 324 g/mol. The van der Waals surface area contributed by atoms with Crippen molar-refractivity contribution in [3.8, 4) is 17.2 Å². The van der Waals surface area contributed by atoms with E-state index in [4.69, 9.17) is 23.7 Å². The van der Waals surface area contributed by atoms with Crippen molar-refractivity contribution >= 4 is 11.9 Å². The molecule has 23 heavy (non-hydrogen) atoms. The molecule has 0 spiro atoms. The predicted molar refractivity (Wildman–Crippen MR) is 79.9 cm³/mol. The first kappa shape index (κ1) is 16.9. The van der Waals surface area contributed by atoms with Crippen LogP contribution in [0.5, 0.6) is 17.2 Å². The molecule has 1 saturated heterocycles. The van der Waals surface area contributed by atoms with Gasteiger partial charge in [-0.1, -0.05) is 0 Å². The fourth-order valence-corrected chi connectivity index (χ4v) is 2.62. The largest absolute Gasteiger partial charge is 0.493 e. The number of hydrogen-bond acceptors (Lipinski definition) is 7. The van der Waals surface area contributed by atoms with Crippen molar-refractivity contribution in [3.63, 3.8) is 0 Å². The molecule has 1 aromatic rings.